The molecule has 0 heterocycles. The summed E-state index contributed by atoms with van der Waals surface area (Å²) in [4.78, 5) is 16.1. The third-order valence-corrected chi connectivity index (χ3v) is 3.20. The molecule has 6 heteroatoms. The smallest absolute Gasteiger partial charge is 0.407 e. The molecule has 1 aromatic carbocycles. The summed E-state index contributed by atoms with van der Waals surface area (Å²) in [5.74, 6) is 0.778. The first kappa shape index (κ1) is 20.8. The second-order valence-corrected chi connectivity index (χ2v) is 6.89. The number of benzene rings is 1. The van der Waals surface area contributed by atoms with E-state index in [-0.39, 0.29) is 6.09 Å². The monoisotopic (exact) mass is 348 g/mol. The van der Waals surface area contributed by atoms with E-state index >= 15 is 0 Å². The Bertz CT molecular complexity index is 548. The molecule has 3 N–H and O–H groups in total. The van der Waals surface area contributed by atoms with Crippen LogP contribution >= 0.6 is 0 Å². The largest absolute Gasteiger partial charge is 0.444 e. The highest BCUT2D eigenvalue weighted by molar-refractivity contribution is 5.79. The maximum Gasteiger partial charge on any atom is 0.407 e. The van der Waals surface area contributed by atoms with Crippen molar-refractivity contribution in [1.29, 1.82) is 0 Å². The molecule has 0 spiro atoms. The number of carbonyl (C=O) groups excluding carboxylic acids is 1. The molecule has 25 heavy (non-hydrogen) atoms. The van der Waals surface area contributed by atoms with E-state index in [9.17, 15) is 4.79 Å². The standard InChI is InChI=1S/C19H32N4O2/c1-6-20-17(23-14-16-10-8-15(2)9-11-16)21-12-7-13-22-18(24)25-19(3,4)5/h8-11H,6-7,12-14H2,1-5H3,(H,22,24)(H2,20,21,23). The molecule has 1 aromatic rings. The Labute approximate surface area is 151 Å². The van der Waals surface area contributed by atoms with Gasteiger partial charge >= 0.3 is 6.09 Å². The van der Waals surface area contributed by atoms with Gasteiger partial charge in [-0.25, -0.2) is 9.79 Å². The van der Waals surface area contributed by atoms with Crippen LogP contribution in [0.25, 0.3) is 0 Å². The van der Waals surface area contributed by atoms with Crippen LogP contribution in [0.15, 0.2) is 29.3 Å². The molecule has 0 bridgehead atoms. The minimum Gasteiger partial charge on any atom is -0.444 e. The fraction of sp³-hybridized carbons (Fsp3) is 0.579. The number of nitrogens with zero attached hydrogens (tertiary/aromatic N) is 1. The van der Waals surface area contributed by atoms with Gasteiger partial charge < -0.3 is 20.7 Å². The van der Waals surface area contributed by atoms with Crippen molar-refractivity contribution >= 4 is 12.1 Å². The van der Waals surface area contributed by atoms with Crippen LogP contribution < -0.4 is 16.0 Å². The van der Waals surface area contributed by atoms with Crippen molar-refractivity contribution in [2.24, 2.45) is 4.99 Å². The maximum atomic E-state index is 11.6. The van der Waals surface area contributed by atoms with E-state index in [4.69, 9.17) is 4.74 Å². The second kappa shape index (κ2) is 10.6. The van der Waals surface area contributed by atoms with Crippen molar-refractivity contribution in [1.82, 2.24) is 16.0 Å². The van der Waals surface area contributed by atoms with Gasteiger partial charge in [0, 0.05) is 19.6 Å². The van der Waals surface area contributed by atoms with E-state index in [2.05, 4.69) is 52.1 Å². The first-order valence-electron chi connectivity index (χ1n) is 8.84. The van der Waals surface area contributed by atoms with Crippen molar-refractivity contribution in [3.05, 3.63) is 35.4 Å². The van der Waals surface area contributed by atoms with Crippen LogP contribution in [0, 0.1) is 6.92 Å². The van der Waals surface area contributed by atoms with Crippen molar-refractivity contribution in [3.8, 4) is 0 Å². The number of hydrogen-bond acceptors (Lipinski definition) is 3. The van der Waals surface area contributed by atoms with Crippen LogP contribution in [0.4, 0.5) is 4.79 Å². The van der Waals surface area contributed by atoms with E-state index in [1.165, 1.54) is 11.1 Å². The fourth-order valence-corrected chi connectivity index (χ4v) is 2.01. The molecule has 0 atom stereocenters. The van der Waals surface area contributed by atoms with Crippen LogP contribution in [0.3, 0.4) is 0 Å². The molecule has 0 saturated carbocycles. The Hall–Kier alpha value is -2.24. The molecule has 0 aliphatic carbocycles. The Morgan fingerprint density at radius 1 is 1.08 bits per heavy atom. The lowest BCUT2D eigenvalue weighted by Gasteiger charge is -2.19. The second-order valence-electron chi connectivity index (χ2n) is 6.89. The number of ether oxygens (including phenoxy) is 1. The van der Waals surface area contributed by atoms with Gasteiger partial charge in [0.25, 0.3) is 0 Å². The lowest BCUT2D eigenvalue weighted by Crippen LogP contribution is -2.39. The van der Waals surface area contributed by atoms with Crippen LogP contribution in [0.5, 0.6) is 0 Å². The van der Waals surface area contributed by atoms with Gasteiger partial charge in [0.2, 0.25) is 0 Å². The number of nitrogens with one attached hydrogen (secondary N) is 3. The lowest BCUT2D eigenvalue weighted by atomic mass is 10.1. The molecule has 0 unspecified atom stereocenters. The number of guanidine groups is 1. The van der Waals surface area contributed by atoms with Gasteiger partial charge in [-0.3, -0.25) is 0 Å². The Balaban J connectivity index is 2.31. The summed E-state index contributed by atoms with van der Waals surface area (Å²) in [7, 11) is 0. The van der Waals surface area contributed by atoms with Crippen LogP contribution in [0.2, 0.25) is 0 Å². The van der Waals surface area contributed by atoms with E-state index in [0.717, 1.165) is 25.5 Å². The molecule has 0 saturated heterocycles. The van der Waals surface area contributed by atoms with E-state index < -0.39 is 5.60 Å². The predicted molar refractivity (Wildman–Crippen MR) is 103 cm³/mol. The first-order valence-corrected chi connectivity index (χ1v) is 8.84. The molecule has 1 amide bonds. The molecule has 0 radical (unpaired) electrons. The fourth-order valence-electron chi connectivity index (χ4n) is 2.01. The van der Waals surface area contributed by atoms with Crippen LogP contribution in [0.1, 0.15) is 45.2 Å². The van der Waals surface area contributed by atoms with Gasteiger partial charge in [-0.2, -0.15) is 0 Å². The number of aryl methyl sites for hydroxylation is 1. The third kappa shape index (κ3) is 10.3. The summed E-state index contributed by atoms with van der Waals surface area (Å²) in [5, 5.41) is 9.24. The Morgan fingerprint density at radius 2 is 1.72 bits per heavy atom. The molecule has 1 rings (SSSR count). The number of carbonyl (C=O) groups is 1. The number of hydrogen-bond donors (Lipinski definition) is 3. The average molecular weight is 348 g/mol. The first-order chi connectivity index (χ1) is 11.8. The summed E-state index contributed by atoms with van der Waals surface area (Å²) in [6.07, 6.45) is 0.404. The van der Waals surface area contributed by atoms with Gasteiger partial charge in [-0.15, -0.1) is 0 Å². The van der Waals surface area contributed by atoms with Gasteiger partial charge in [0.1, 0.15) is 5.60 Å². The zero-order valence-electron chi connectivity index (χ0n) is 16.1. The van der Waals surface area contributed by atoms with E-state index in [1.807, 2.05) is 27.7 Å². The third-order valence-electron chi connectivity index (χ3n) is 3.20. The maximum absolute atomic E-state index is 11.6. The summed E-state index contributed by atoms with van der Waals surface area (Å²) in [6, 6.07) is 8.36. The van der Waals surface area contributed by atoms with Crippen molar-refractivity contribution < 1.29 is 9.53 Å². The topological polar surface area (TPSA) is 74.8 Å². The van der Waals surface area contributed by atoms with Gasteiger partial charge in [0.15, 0.2) is 5.96 Å². The zero-order valence-corrected chi connectivity index (χ0v) is 16.1. The number of alkyl carbamates (subject to hydrolysis) is 1. The summed E-state index contributed by atoms with van der Waals surface area (Å²) in [6.45, 7) is 12.4. The van der Waals surface area contributed by atoms with Crippen LogP contribution in [-0.2, 0) is 11.3 Å². The molecular formula is C19H32N4O2. The SMILES string of the molecule is CCNC(=NCc1ccc(C)cc1)NCCCNC(=O)OC(C)(C)C. The Kier molecular flexibility index (Phi) is 8.81. The van der Waals surface area contributed by atoms with Crippen molar-refractivity contribution in [2.75, 3.05) is 19.6 Å². The predicted octanol–water partition coefficient (Wildman–Crippen LogP) is 2.96. The summed E-state index contributed by atoms with van der Waals surface area (Å²) >= 11 is 0. The van der Waals surface area contributed by atoms with Crippen LogP contribution in [-0.4, -0.2) is 37.3 Å². The molecular weight excluding hydrogens is 316 g/mol. The van der Waals surface area contributed by atoms with Crippen molar-refractivity contribution in [2.45, 2.75) is 53.2 Å². The molecule has 0 aliphatic heterocycles. The van der Waals surface area contributed by atoms with Gasteiger partial charge in [-0.05, 0) is 46.6 Å². The zero-order chi connectivity index (χ0) is 18.7. The number of amides is 1. The van der Waals surface area contributed by atoms with E-state index in [0.29, 0.717) is 13.1 Å². The lowest BCUT2D eigenvalue weighted by molar-refractivity contribution is 0.0527. The summed E-state index contributed by atoms with van der Waals surface area (Å²) < 4.78 is 5.19. The minimum atomic E-state index is -0.469. The molecule has 0 aliphatic rings. The highest BCUT2D eigenvalue weighted by Crippen LogP contribution is 2.06. The highest BCUT2D eigenvalue weighted by Gasteiger charge is 2.15. The average Bonchev–Trinajstić information content (AvgIpc) is 2.52. The van der Waals surface area contributed by atoms with E-state index in [1.54, 1.807) is 0 Å². The van der Waals surface area contributed by atoms with Gasteiger partial charge in [0.05, 0.1) is 6.54 Å². The number of aliphatic imine (C=N–C) groups is 1. The van der Waals surface area contributed by atoms with Gasteiger partial charge in [-0.1, -0.05) is 29.8 Å². The molecule has 6 nitrogen and oxygen atoms in total. The molecule has 0 fully saturated rings. The molecule has 140 valence electrons. The summed E-state index contributed by atoms with van der Waals surface area (Å²) in [5.41, 5.74) is 1.95. The Morgan fingerprint density at radius 3 is 2.32 bits per heavy atom. The van der Waals surface area contributed by atoms with Crippen molar-refractivity contribution in [3.63, 3.8) is 0 Å². The number of rotatable bonds is 7. The highest BCUT2D eigenvalue weighted by atomic mass is 16.6. The normalized spacial score (nSPS) is 11.8. The quantitative estimate of drug-likeness (QED) is 0.402. The minimum absolute atomic E-state index is 0.382. The molecule has 0 aromatic heterocycles.